The average Bonchev–Trinajstić information content (AvgIpc) is 2.68. The fourth-order valence-electron chi connectivity index (χ4n) is 2.96. The lowest BCUT2D eigenvalue weighted by atomic mass is 9.97. The molecule has 1 aromatic rings. The predicted octanol–water partition coefficient (Wildman–Crippen LogP) is 3.03. The van der Waals surface area contributed by atoms with Crippen molar-refractivity contribution >= 4 is 21.7 Å². The molecule has 6 nitrogen and oxygen atoms in total. The lowest BCUT2D eigenvalue weighted by Crippen LogP contribution is -2.36. The van der Waals surface area contributed by atoms with Gasteiger partial charge in [-0.15, -0.1) is 0 Å². The number of sulfone groups is 1. The third-order valence-electron chi connectivity index (χ3n) is 4.61. The molecule has 2 rings (SSSR count). The molecule has 1 N–H and O–H groups in total. The maximum atomic E-state index is 12.4. The molecule has 27 heavy (non-hydrogen) atoms. The van der Waals surface area contributed by atoms with Gasteiger partial charge in [-0.05, 0) is 51.2 Å². The molecule has 0 aromatic heterocycles. The zero-order chi connectivity index (χ0) is 19.9. The van der Waals surface area contributed by atoms with Gasteiger partial charge in [0.2, 0.25) is 0 Å². The quantitative estimate of drug-likeness (QED) is 0.542. The Morgan fingerprint density at radius 1 is 1.22 bits per heavy atom. The van der Waals surface area contributed by atoms with Gasteiger partial charge in [-0.25, -0.2) is 13.2 Å². The van der Waals surface area contributed by atoms with Crippen LogP contribution in [0.3, 0.4) is 0 Å². The number of amides is 1. The van der Waals surface area contributed by atoms with E-state index in [1.54, 1.807) is 12.1 Å². The molecule has 0 saturated heterocycles. The molecule has 1 aliphatic carbocycles. The minimum absolute atomic E-state index is 0.0497. The standard InChI is InChI=1S/C20H27NO5S/c1-3-27(24,25)18-12-8-7-11-17(18)20(23)26-15(2)19(22)21-14-13-16-9-5-4-6-10-16/h7-9,11-12,15H,3-6,10,13-14H2,1-2H3,(H,21,22). The fraction of sp³-hybridized carbons (Fsp3) is 0.500. The topological polar surface area (TPSA) is 89.5 Å². The van der Waals surface area contributed by atoms with Crippen LogP contribution in [-0.2, 0) is 19.4 Å². The first-order chi connectivity index (χ1) is 12.8. The van der Waals surface area contributed by atoms with Gasteiger partial charge in [-0.2, -0.15) is 0 Å². The number of nitrogens with one attached hydrogen (secondary N) is 1. The maximum Gasteiger partial charge on any atom is 0.340 e. The van der Waals surface area contributed by atoms with Gasteiger partial charge in [-0.3, -0.25) is 4.79 Å². The molecule has 0 spiro atoms. The summed E-state index contributed by atoms with van der Waals surface area (Å²) in [6, 6.07) is 5.88. The Morgan fingerprint density at radius 2 is 1.96 bits per heavy atom. The SMILES string of the molecule is CCS(=O)(=O)c1ccccc1C(=O)OC(C)C(=O)NCCC1=CCCCC1. The average molecular weight is 394 g/mol. The second-order valence-electron chi connectivity index (χ2n) is 6.60. The largest absolute Gasteiger partial charge is 0.449 e. The highest BCUT2D eigenvalue weighted by molar-refractivity contribution is 7.91. The Balaban J connectivity index is 1.93. The van der Waals surface area contributed by atoms with Crippen molar-refractivity contribution in [2.75, 3.05) is 12.3 Å². The van der Waals surface area contributed by atoms with E-state index < -0.39 is 27.8 Å². The highest BCUT2D eigenvalue weighted by Gasteiger charge is 2.24. The molecule has 0 bridgehead atoms. The van der Waals surface area contributed by atoms with Crippen LogP contribution >= 0.6 is 0 Å². The second-order valence-corrected chi connectivity index (χ2v) is 8.84. The molecule has 0 radical (unpaired) electrons. The Kier molecular flexibility index (Phi) is 7.59. The van der Waals surface area contributed by atoms with Crippen LogP contribution < -0.4 is 5.32 Å². The molecule has 0 saturated carbocycles. The van der Waals surface area contributed by atoms with Crippen LogP contribution in [0.5, 0.6) is 0 Å². The number of carbonyl (C=O) groups is 2. The normalized spacial score (nSPS) is 15.6. The molecule has 1 unspecified atom stereocenters. The van der Waals surface area contributed by atoms with Crippen molar-refractivity contribution in [1.29, 1.82) is 0 Å². The van der Waals surface area contributed by atoms with Gasteiger partial charge >= 0.3 is 5.97 Å². The van der Waals surface area contributed by atoms with Crippen molar-refractivity contribution < 1.29 is 22.7 Å². The fourth-order valence-corrected chi connectivity index (χ4v) is 4.04. The van der Waals surface area contributed by atoms with Crippen molar-refractivity contribution in [3.63, 3.8) is 0 Å². The lowest BCUT2D eigenvalue weighted by Gasteiger charge is -2.16. The van der Waals surface area contributed by atoms with Gasteiger partial charge in [0.15, 0.2) is 15.9 Å². The Labute approximate surface area is 160 Å². The molecule has 0 fully saturated rings. The first-order valence-corrected chi connectivity index (χ1v) is 11.0. The van der Waals surface area contributed by atoms with Crippen molar-refractivity contribution in [3.8, 4) is 0 Å². The summed E-state index contributed by atoms with van der Waals surface area (Å²) in [6.07, 6.45) is 6.59. The third kappa shape index (κ3) is 5.92. The highest BCUT2D eigenvalue weighted by atomic mass is 32.2. The first kappa shape index (κ1) is 21.2. The zero-order valence-corrected chi connectivity index (χ0v) is 16.7. The van der Waals surface area contributed by atoms with Gasteiger partial charge < -0.3 is 10.1 Å². The van der Waals surface area contributed by atoms with Crippen LogP contribution in [0.25, 0.3) is 0 Å². The minimum Gasteiger partial charge on any atom is -0.449 e. The number of carbonyl (C=O) groups excluding carboxylic acids is 2. The summed E-state index contributed by atoms with van der Waals surface area (Å²) in [5.74, 6) is -1.33. The monoisotopic (exact) mass is 393 g/mol. The Morgan fingerprint density at radius 3 is 2.63 bits per heavy atom. The van der Waals surface area contributed by atoms with Crippen molar-refractivity contribution in [3.05, 3.63) is 41.5 Å². The second kappa shape index (κ2) is 9.69. The summed E-state index contributed by atoms with van der Waals surface area (Å²) in [4.78, 5) is 24.5. The zero-order valence-electron chi connectivity index (χ0n) is 15.9. The van der Waals surface area contributed by atoms with Gasteiger partial charge in [0.25, 0.3) is 5.91 Å². The Hall–Kier alpha value is -2.15. The molecule has 0 heterocycles. The van der Waals surface area contributed by atoms with Crippen LogP contribution in [0.2, 0.25) is 0 Å². The number of rotatable bonds is 8. The van der Waals surface area contributed by atoms with E-state index in [2.05, 4.69) is 11.4 Å². The molecular weight excluding hydrogens is 366 g/mol. The first-order valence-electron chi connectivity index (χ1n) is 9.33. The molecule has 1 atom stereocenters. The smallest absolute Gasteiger partial charge is 0.340 e. The summed E-state index contributed by atoms with van der Waals surface area (Å²) in [5, 5.41) is 2.77. The van der Waals surface area contributed by atoms with Gasteiger partial charge in [0.1, 0.15) is 0 Å². The minimum atomic E-state index is -3.56. The van der Waals surface area contributed by atoms with E-state index in [0.29, 0.717) is 6.54 Å². The van der Waals surface area contributed by atoms with Crippen LogP contribution in [0, 0.1) is 0 Å². The number of hydrogen-bond donors (Lipinski definition) is 1. The van der Waals surface area contributed by atoms with E-state index in [4.69, 9.17) is 4.74 Å². The Bertz CT molecular complexity index is 813. The number of hydrogen-bond acceptors (Lipinski definition) is 5. The van der Waals surface area contributed by atoms with E-state index in [1.165, 1.54) is 44.4 Å². The van der Waals surface area contributed by atoms with Crippen LogP contribution in [0.15, 0.2) is 40.8 Å². The van der Waals surface area contributed by atoms with Crippen LogP contribution in [0.4, 0.5) is 0 Å². The van der Waals surface area contributed by atoms with Gasteiger partial charge in [-0.1, -0.05) is 30.7 Å². The highest BCUT2D eigenvalue weighted by Crippen LogP contribution is 2.20. The molecule has 148 valence electrons. The van der Waals surface area contributed by atoms with Crippen LogP contribution in [-0.4, -0.2) is 38.7 Å². The summed E-state index contributed by atoms with van der Waals surface area (Å²) in [7, 11) is -3.56. The molecular formula is C20H27NO5S. The summed E-state index contributed by atoms with van der Waals surface area (Å²) in [5.41, 5.74) is 1.30. The van der Waals surface area contributed by atoms with E-state index in [9.17, 15) is 18.0 Å². The van der Waals surface area contributed by atoms with E-state index in [-0.39, 0.29) is 16.2 Å². The molecule has 1 amide bonds. The number of benzene rings is 1. The number of allylic oxidation sites excluding steroid dienone is 1. The lowest BCUT2D eigenvalue weighted by molar-refractivity contribution is -0.129. The summed E-state index contributed by atoms with van der Waals surface area (Å²) < 4.78 is 29.5. The summed E-state index contributed by atoms with van der Waals surface area (Å²) in [6.45, 7) is 3.48. The van der Waals surface area contributed by atoms with Crippen LogP contribution in [0.1, 0.15) is 56.3 Å². The van der Waals surface area contributed by atoms with Crippen molar-refractivity contribution in [2.24, 2.45) is 0 Å². The molecule has 1 aliphatic rings. The van der Waals surface area contributed by atoms with Gasteiger partial charge in [0.05, 0.1) is 16.2 Å². The molecule has 0 aliphatic heterocycles. The number of esters is 1. The third-order valence-corrected chi connectivity index (χ3v) is 6.39. The van der Waals surface area contributed by atoms with E-state index in [0.717, 1.165) is 19.3 Å². The molecule has 7 heteroatoms. The van der Waals surface area contributed by atoms with E-state index in [1.807, 2.05) is 0 Å². The van der Waals surface area contributed by atoms with Crippen molar-refractivity contribution in [1.82, 2.24) is 5.32 Å². The molecule has 1 aromatic carbocycles. The predicted molar refractivity (Wildman–Crippen MR) is 103 cm³/mol. The van der Waals surface area contributed by atoms with Crippen molar-refractivity contribution in [2.45, 2.75) is 57.0 Å². The van der Waals surface area contributed by atoms with E-state index >= 15 is 0 Å². The van der Waals surface area contributed by atoms with Gasteiger partial charge in [0, 0.05) is 6.54 Å². The maximum absolute atomic E-state index is 12.4. The number of ether oxygens (including phenoxy) is 1. The summed E-state index contributed by atoms with van der Waals surface area (Å²) >= 11 is 0.